The Balaban J connectivity index is 1.29. The van der Waals surface area contributed by atoms with Gasteiger partial charge in [0.2, 0.25) is 5.91 Å². The fraction of sp³-hybridized carbons (Fsp3) is 0.500. The van der Waals surface area contributed by atoms with E-state index in [2.05, 4.69) is 17.2 Å². The first-order chi connectivity index (χ1) is 14.8. The number of anilines is 1. The van der Waals surface area contributed by atoms with Gasteiger partial charge in [-0.15, -0.1) is 0 Å². The fourth-order valence-electron chi connectivity index (χ4n) is 4.96. The van der Waals surface area contributed by atoms with Crippen LogP contribution in [0.5, 0.6) is 0 Å². The number of aromatic nitrogens is 2. The molecule has 0 bridgehead atoms. The highest BCUT2D eigenvalue weighted by Crippen LogP contribution is 2.34. The third kappa shape index (κ3) is 3.64. The van der Waals surface area contributed by atoms with Crippen LogP contribution < -0.4 is 10.2 Å². The summed E-state index contributed by atoms with van der Waals surface area (Å²) in [4.78, 5) is 25.2. The van der Waals surface area contributed by atoms with Gasteiger partial charge in [-0.2, -0.15) is 13.2 Å². The number of rotatable bonds is 2. The van der Waals surface area contributed by atoms with Gasteiger partial charge in [-0.1, -0.05) is 0 Å². The Morgan fingerprint density at radius 3 is 2.87 bits per heavy atom. The molecule has 1 saturated heterocycles. The number of hydrogen-bond donors (Lipinski definition) is 1. The quantitative estimate of drug-likeness (QED) is 0.793. The smallest absolute Gasteiger partial charge is 0.371 e. The number of nitrogens with one attached hydrogen (secondary N) is 1. The van der Waals surface area contributed by atoms with Crippen LogP contribution in [0.25, 0.3) is 0 Å². The molecule has 1 atom stereocenters. The Morgan fingerprint density at radius 2 is 2.06 bits per heavy atom. The van der Waals surface area contributed by atoms with Gasteiger partial charge < -0.3 is 15.1 Å². The summed E-state index contributed by atoms with van der Waals surface area (Å²) < 4.78 is 39.0. The highest BCUT2D eigenvalue weighted by atomic mass is 19.4. The first kappa shape index (κ1) is 20.2. The minimum atomic E-state index is -4.48. The Bertz CT molecular complexity index is 1040. The topological polar surface area (TPSA) is 61.4 Å². The average molecular weight is 431 g/mol. The predicted molar refractivity (Wildman–Crippen MR) is 108 cm³/mol. The third-order valence-electron chi connectivity index (χ3n) is 6.65. The Hall–Kier alpha value is -2.68. The Morgan fingerprint density at radius 1 is 1.23 bits per heavy atom. The van der Waals surface area contributed by atoms with E-state index >= 15 is 0 Å². The van der Waals surface area contributed by atoms with Crippen LogP contribution in [-0.2, 0) is 37.0 Å². The van der Waals surface area contributed by atoms with Crippen LogP contribution in [0.4, 0.5) is 18.9 Å². The van der Waals surface area contributed by atoms with E-state index < -0.39 is 11.9 Å². The van der Waals surface area contributed by atoms with Gasteiger partial charge in [0, 0.05) is 38.1 Å². The van der Waals surface area contributed by atoms with Gasteiger partial charge in [-0.25, -0.2) is 0 Å². The lowest BCUT2D eigenvalue weighted by Gasteiger charge is -2.22. The summed E-state index contributed by atoms with van der Waals surface area (Å²) in [7, 11) is 0. The van der Waals surface area contributed by atoms with Crippen LogP contribution in [0.1, 0.15) is 40.2 Å². The van der Waals surface area contributed by atoms with Gasteiger partial charge in [0.15, 0.2) is 0 Å². The lowest BCUT2D eigenvalue weighted by molar-refractivity contribution is -0.141. The number of nitrogens with zero attached hydrogens (tertiary/aromatic N) is 4. The van der Waals surface area contributed by atoms with Crippen LogP contribution in [0.2, 0.25) is 0 Å². The van der Waals surface area contributed by atoms with Gasteiger partial charge in [0.25, 0.3) is 0 Å². The summed E-state index contributed by atoms with van der Waals surface area (Å²) in [5, 5.41) is 3.35. The molecule has 0 spiro atoms. The third-order valence-corrected chi connectivity index (χ3v) is 6.65. The predicted octanol–water partition coefficient (Wildman–Crippen LogP) is 2.82. The van der Waals surface area contributed by atoms with E-state index in [9.17, 15) is 18.0 Å². The van der Waals surface area contributed by atoms with Crippen molar-refractivity contribution in [2.24, 2.45) is 5.92 Å². The lowest BCUT2D eigenvalue weighted by Crippen LogP contribution is -2.34. The Labute approximate surface area is 178 Å². The molecule has 5 rings (SSSR count). The summed E-state index contributed by atoms with van der Waals surface area (Å²) in [5.74, 6) is -0.172. The molecule has 3 aliphatic rings. The number of carbonyl (C=O) groups excluding carboxylic acids is 1. The highest BCUT2D eigenvalue weighted by molar-refractivity contribution is 5.81. The number of hydrogen-bond acceptors (Lipinski definition) is 5. The lowest BCUT2D eigenvalue weighted by atomic mass is 9.96. The second kappa shape index (κ2) is 7.47. The molecule has 0 radical (unpaired) electrons. The summed E-state index contributed by atoms with van der Waals surface area (Å²) in [5.41, 5.74) is 5.33. The van der Waals surface area contributed by atoms with E-state index in [4.69, 9.17) is 4.98 Å². The van der Waals surface area contributed by atoms with Crippen molar-refractivity contribution in [2.45, 2.75) is 45.6 Å². The van der Waals surface area contributed by atoms with Crippen molar-refractivity contribution in [3.05, 3.63) is 52.1 Å². The van der Waals surface area contributed by atoms with Crippen molar-refractivity contribution in [3.8, 4) is 0 Å². The fourth-order valence-corrected chi connectivity index (χ4v) is 4.96. The minimum absolute atomic E-state index is 0.0566. The average Bonchev–Trinajstić information content (AvgIpc) is 3.41. The number of alkyl halides is 3. The molecule has 2 aromatic heterocycles. The van der Waals surface area contributed by atoms with Gasteiger partial charge in [0.05, 0.1) is 23.9 Å². The normalized spacial score (nSPS) is 20.7. The zero-order valence-electron chi connectivity index (χ0n) is 17.3. The van der Waals surface area contributed by atoms with Crippen molar-refractivity contribution in [1.29, 1.82) is 0 Å². The van der Waals surface area contributed by atoms with Gasteiger partial charge in [-0.3, -0.25) is 14.8 Å². The molecule has 0 aliphatic carbocycles. The summed E-state index contributed by atoms with van der Waals surface area (Å²) in [6.07, 6.45) is -1.72. The second-order valence-electron chi connectivity index (χ2n) is 8.54. The molecule has 5 heterocycles. The number of halogens is 3. The van der Waals surface area contributed by atoms with E-state index in [1.54, 1.807) is 6.07 Å². The number of pyridine rings is 2. The number of fused-ring (bicyclic) bond motifs is 2. The standard InChI is InChI=1S/C22H24F3N5O/c1-13-16-3-5-26-9-18(16)28-19-12-30(11-17(13)19)21(31)14-4-7-29(10-14)15-2-6-27-20(8-15)22(23,24)25/h2,6,8,14,26H,3-5,7,9-12H2,1H3/t14-/m1/s1. The van der Waals surface area contributed by atoms with Crippen LogP contribution in [0.15, 0.2) is 18.3 Å². The maximum atomic E-state index is 13.2. The first-order valence-corrected chi connectivity index (χ1v) is 10.6. The molecule has 3 aliphatic heterocycles. The van der Waals surface area contributed by atoms with E-state index in [1.165, 1.54) is 17.3 Å². The molecular weight excluding hydrogens is 407 g/mol. The van der Waals surface area contributed by atoms with Gasteiger partial charge in [0.1, 0.15) is 5.69 Å². The van der Waals surface area contributed by atoms with Crippen molar-refractivity contribution in [1.82, 2.24) is 20.2 Å². The van der Waals surface area contributed by atoms with Crippen LogP contribution in [0, 0.1) is 12.8 Å². The molecule has 9 heteroatoms. The summed E-state index contributed by atoms with van der Waals surface area (Å²) in [6, 6.07) is 2.63. The molecule has 0 aromatic carbocycles. The van der Waals surface area contributed by atoms with Gasteiger partial charge >= 0.3 is 6.18 Å². The highest BCUT2D eigenvalue weighted by Gasteiger charge is 2.37. The molecule has 2 aromatic rings. The zero-order valence-corrected chi connectivity index (χ0v) is 17.3. The van der Waals surface area contributed by atoms with Crippen LogP contribution in [-0.4, -0.2) is 40.4 Å². The SMILES string of the molecule is Cc1c2c(nc3c1CN(C(=O)[C@@H]1CCN(c4ccnc(C(F)(F)F)c4)C1)C3)CNCC2. The Kier molecular flexibility index (Phi) is 4.88. The summed E-state index contributed by atoms with van der Waals surface area (Å²) >= 11 is 0. The molecule has 31 heavy (non-hydrogen) atoms. The second-order valence-corrected chi connectivity index (χ2v) is 8.54. The molecule has 1 amide bonds. The van der Waals surface area contributed by atoms with Crippen LogP contribution in [0.3, 0.4) is 0 Å². The molecule has 0 unspecified atom stereocenters. The van der Waals surface area contributed by atoms with E-state index in [1.807, 2.05) is 9.80 Å². The molecule has 1 fully saturated rings. The molecule has 164 valence electrons. The molecule has 0 saturated carbocycles. The van der Waals surface area contributed by atoms with Crippen molar-refractivity contribution in [3.63, 3.8) is 0 Å². The van der Waals surface area contributed by atoms with Crippen molar-refractivity contribution >= 4 is 11.6 Å². The molecular formula is C22H24F3N5O. The number of amides is 1. The monoisotopic (exact) mass is 431 g/mol. The van der Waals surface area contributed by atoms with Crippen molar-refractivity contribution in [2.75, 3.05) is 24.5 Å². The van der Waals surface area contributed by atoms with E-state index in [0.29, 0.717) is 38.3 Å². The van der Waals surface area contributed by atoms with E-state index in [-0.39, 0.29) is 11.8 Å². The van der Waals surface area contributed by atoms with Gasteiger partial charge in [-0.05, 0) is 55.1 Å². The minimum Gasteiger partial charge on any atom is -0.371 e. The van der Waals surface area contributed by atoms with Crippen LogP contribution >= 0.6 is 0 Å². The number of carbonyl (C=O) groups is 1. The maximum absolute atomic E-state index is 13.2. The van der Waals surface area contributed by atoms with Crippen molar-refractivity contribution < 1.29 is 18.0 Å². The zero-order chi connectivity index (χ0) is 21.8. The summed E-state index contributed by atoms with van der Waals surface area (Å²) in [6.45, 7) is 5.87. The molecule has 1 N–H and O–H groups in total. The van der Waals surface area contributed by atoms with E-state index in [0.717, 1.165) is 42.5 Å². The maximum Gasteiger partial charge on any atom is 0.433 e. The first-order valence-electron chi connectivity index (χ1n) is 10.6. The largest absolute Gasteiger partial charge is 0.433 e. The molecule has 6 nitrogen and oxygen atoms in total.